The predicted molar refractivity (Wildman–Crippen MR) is 118 cm³/mol. The zero-order valence-electron chi connectivity index (χ0n) is 16.3. The molecule has 0 spiro atoms. The lowest BCUT2D eigenvalue weighted by Crippen LogP contribution is -2.34. The van der Waals surface area contributed by atoms with E-state index >= 15 is 0 Å². The van der Waals surface area contributed by atoms with Crippen LogP contribution in [-0.2, 0) is 0 Å². The summed E-state index contributed by atoms with van der Waals surface area (Å²) in [5.74, 6) is -0.352. The molecular formula is C21H20ClN5O2S. The van der Waals surface area contributed by atoms with Crippen LogP contribution in [0.25, 0.3) is 0 Å². The number of hydrogen-bond acceptors (Lipinski definition) is 5. The van der Waals surface area contributed by atoms with Gasteiger partial charge in [-0.05, 0) is 50.1 Å². The number of carbonyl (C=O) groups is 2. The maximum Gasteiger partial charge on any atom is 0.322 e. The molecule has 1 fully saturated rings. The van der Waals surface area contributed by atoms with Crippen molar-refractivity contribution in [1.82, 2.24) is 15.1 Å². The van der Waals surface area contributed by atoms with Crippen molar-refractivity contribution >= 4 is 46.3 Å². The largest absolute Gasteiger partial charge is 0.322 e. The van der Waals surface area contributed by atoms with Crippen molar-refractivity contribution in [1.29, 1.82) is 0 Å². The van der Waals surface area contributed by atoms with Crippen LogP contribution in [0.1, 0.15) is 39.3 Å². The summed E-state index contributed by atoms with van der Waals surface area (Å²) in [6, 6.07) is 14.2. The van der Waals surface area contributed by atoms with Crippen LogP contribution in [0.4, 0.5) is 16.2 Å². The average Bonchev–Trinajstić information content (AvgIpc) is 3.39. The predicted octanol–water partition coefficient (Wildman–Crippen LogP) is 5.12. The summed E-state index contributed by atoms with van der Waals surface area (Å²) in [4.78, 5) is 27.0. The minimum Gasteiger partial charge on any atom is -0.320 e. The number of rotatable bonds is 4. The fraction of sp³-hybridized carbons (Fsp3) is 0.238. The minimum absolute atomic E-state index is 0.179. The first kappa shape index (κ1) is 20.3. The van der Waals surface area contributed by atoms with Gasteiger partial charge in [0.25, 0.3) is 5.91 Å². The van der Waals surface area contributed by atoms with Crippen LogP contribution in [0, 0.1) is 6.92 Å². The Labute approximate surface area is 183 Å². The molecule has 1 aliphatic heterocycles. The molecule has 0 aliphatic carbocycles. The monoisotopic (exact) mass is 441 g/mol. The Balaban J connectivity index is 1.44. The van der Waals surface area contributed by atoms with Crippen molar-refractivity contribution in [2.75, 3.05) is 17.2 Å². The van der Waals surface area contributed by atoms with Crippen molar-refractivity contribution in [2.24, 2.45) is 0 Å². The third-order valence-electron chi connectivity index (χ3n) is 4.82. The highest BCUT2D eigenvalue weighted by molar-refractivity contribution is 7.13. The summed E-state index contributed by atoms with van der Waals surface area (Å²) in [6.45, 7) is 2.63. The van der Waals surface area contributed by atoms with E-state index in [4.69, 9.17) is 11.6 Å². The molecule has 4 rings (SSSR count). The number of amides is 3. The van der Waals surface area contributed by atoms with Crippen LogP contribution >= 0.6 is 22.9 Å². The van der Waals surface area contributed by atoms with Crippen molar-refractivity contribution in [3.8, 4) is 0 Å². The zero-order chi connectivity index (χ0) is 21.1. The molecule has 7 nitrogen and oxygen atoms in total. The number of urea groups is 1. The normalized spacial score (nSPS) is 15.8. The molecule has 1 aliphatic rings. The second kappa shape index (κ2) is 8.81. The van der Waals surface area contributed by atoms with Gasteiger partial charge in [-0.15, -0.1) is 10.2 Å². The molecule has 2 heterocycles. The number of aromatic nitrogens is 2. The highest BCUT2D eigenvalue weighted by atomic mass is 35.5. The van der Waals surface area contributed by atoms with E-state index in [9.17, 15) is 9.59 Å². The van der Waals surface area contributed by atoms with Gasteiger partial charge in [-0.1, -0.05) is 46.7 Å². The smallest absolute Gasteiger partial charge is 0.320 e. The molecule has 30 heavy (non-hydrogen) atoms. The quantitative estimate of drug-likeness (QED) is 0.588. The minimum atomic E-state index is -0.352. The van der Waals surface area contributed by atoms with Crippen molar-refractivity contribution < 1.29 is 9.59 Å². The molecule has 9 heteroatoms. The summed E-state index contributed by atoms with van der Waals surface area (Å²) >= 11 is 7.16. The number of hydrogen-bond donors (Lipinski definition) is 2. The molecule has 1 aromatic heterocycles. The Morgan fingerprint density at radius 3 is 2.67 bits per heavy atom. The van der Waals surface area contributed by atoms with Gasteiger partial charge in [-0.3, -0.25) is 4.79 Å². The first-order chi connectivity index (χ1) is 14.5. The zero-order valence-corrected chi connectivity index (χ0v) is 17.8. The fourth-order valence-electron chi connectivity index (χ4n) is 3.31. The van der Waals surface area contributed by atoms with Gasteiger partial charge in [-0.25, -0.2) is 4.79 Å². The number of aryl methyl sites for hydroxylation is 1. The fourth-order valence-corrected chi connectivity index (χ4v) is 4.39. The van der Waals surface area contributed by atoms with Gasteiger partial charge < -0.3 is 15.5 Å². The van der Waals surface area contributed by atoms with Gasteiger partial charge in [-0.2, -0.15) is 0 Å². The van der Waals surface area contributed by atoms with Crippen LogP contribution in [0.5, 0.6) is 0 Å². The number of carbonyl (C=O) groups excluding carboxylic acids is 2. The number of nitrogens with one attached hydrogen (secondary N) is 2. The molecule has 1 atom stereocenters. The highest BCUT2D eigenvalue weighted by Crippen LogP contribution is 2.34. The molecule has 0 saturated carbocycles. The molecule has 0 bridgehead atoms. The first-order valence-electron chi connectivity index (χ1n) is 9.54. The molecule has 1 unspecified atom stereocenters. The Kier molecular flexibility index (Phi) is 5.96. The molecule has 1 saturated heterocycles. The summed E-state index contributed by atoms with van der Waals surface area (Å²) < 4.78 is 0. The molecule has 0 radical (unpaired) electrons. The van der Waals surface area contributed by atoms with E-state index in [1.807, 2.05) is 31.2 Å². The van der Waals surface area contributed by atoms with Crippen molar-refractivity contribution in [3.63, 3.8) is 0 Å². The summed E-state index contributed by atoms with van der Waals surface area (Å²) in [5, 5.41) is 15.4. The highest BCUT2D eigenvalue weighted by Gasteiger charge is 2.33. The van der Waals surface area contributed by atoms with Gasteiger partial charge in [0.2, 0.25) is 5.01 Å². The second-order valence-electron chi connectivity index (χ2n) is 7.06. The van der Waals surface area contributed by atoms with Crippen molar-refractivity contribution in [2.45, 2.75) is 25.8 Å². The first-order valence-corrected chi connectivity index (χ1v) is 10.7. The van der Waals surface area contributed by atoms with Crippen molar-refractivity contribution in [3.05, 3.63) is 69.1 Å². The van der Waals surface area contributed by atoms with E-state index in [2.05, 4.69) is 20.8 Å². The third kappa shape index (κ3) is 4.60. The Morgan fingerprint density at radius 2 is 1.90 bits per heavy atom. The molecule has 2 aromatic carbocycles. The van der Waals surface area contributed by atoms with Gasteiger partial charge in [0.15, 0.2) is 0 Å². The topological polar surface area (TPSA) is 87.2 Å². The molecule has 3 aromatic rings. The maximum absolute atomic E-state index is 12.8. The summed E-state index contributed by atoms with van der Waals surface area (Å²) in [5.41, 5.74) is 2.46. The third-order valence-corrected chi connectivity index (χ3v) is 6.08. The standard InChI is InChI=1S/C21H20ClN5O2S/c1-13-7-9-15(10-8-13)24-21(29)27-11-3-6-17(27)19-25-26-20(30-19)18(28)23-16-5-2-4-14(22)12-16/h2,4-5,7-10,12,17H,3,6,11H2,1H3,(H,23,28)(H,24,29). The van der Waals surface area contributed by atoms with Crippen LogP contribution in [-0.4, -0.2) is 33.6 Å². The van der Waals surface area contributed by atoms with E-state index in [-0.39, 0.29) is 23.0 Å². The van der Waals surface area contributed by atoms with Gasteiger partial charge in [0, 0.05) is 22.9 Å². The van der Waals surface area contributed by atoms with Crippen LogP contribution in [0.3, 0.4) is 0 Å². The lowest BCUT2D eigenvalue weighted by molar-refractivity contribution is 0.102. The van der Waals surface area contributed by atoms with E-state index < -0.39 is 0 Å². The Bertz CT molecular complexity index is 1070. The van der Waals surface area contributed by atoms with Crippen LogP contribution in [0.2, 0.25) is 5.02 Å². The molecule has 154 valence electrons. The number of halogens is 1. The van der Waals surface area contributed by atoms with Crippen LogP contribution < -0.4 is 10.6 Å². The number of benzene rings is 2. The Hall–Kier alpha value is -2.97. The van der Waals surface area contributed by atoms with E-state index in [1.54, 1.807) is 29.2 Å². The lowest BCUT2D eigenvalue weighted by atomic mass is 10.2. The van der Waals surface area contributed by atoms with Gasteiger partial charge in [0.1, 0.15) is 5.01 Å². The summed E-state index contributed by atoms with van der Waals surface area (Å²) in [6.07, 6.45) is 1.65. The lowest BCUT2D eigenvalue weighted by Gasteiger charge is -2.23. The van der Waals surface area contributed by atoms with E-state index in [0.29, 0.717) is 22.3 Å². The number of likely N-dealkylation sites (tertiary alicyclic amines) is 1. The SMILES string of the molecule is Cc1ccc(NC(=O)N2CCCC2c2nnc(C(=O)Nc3cccc(Cl)c3)s2)cc1. The average molecular weight is 442 g/mol. The van der Waals surface area contributed by atoms with Gasteiger partial charge in [0.05, 0.1) is 6.04 Å². The molecule has 2 N–H and O–H groups in total. The number of anilines is 2. The number of nitrogens with zero attached hydrogens (tertiary/aromatic N) is 3. The molecular weight excluding hydrogens is 422 g/mol. The van der Waals surface area contributed by atoms with E-state index in [1.165, 1.54) is 11.3 Å². The second-order valence-corrected chi connectivity index (χ2v) is 8.50. The van der Waals surface area contributed by atoms with Crippen LogP contribution in [0.15, 0.2) is 48.5 Å². The maximum atomic E-state index is 12.8. The van der Waals surface area contributed by atoms with E-state index in [0.717, 1.165) is 24.1 Å². The molecule has 3 amide bonds. The summed E-state index contributed by atoms with van der Waals surface area (Å²) in [7, 11) is 0. The Morgan fingerprint density at radius 1 is 1.10 bits per heavy atom. The van der Waals surface area contributed by atoms with Gasteiger partial charge >= 0.3 is 6.03 Å².